The zero-order chi connectivity index (χ0) is 10.7. The van der Waals surface area contributed by atoms with E-state index in [0.717, 1.165) is 44.2 Å². The number of ether oxygens (including phenoxy) is 1. The molecule has 0 radical (unpaired) electrons. The van der Waals surface area contributed by atoms with Gasteiger partial charge < -0.3 is 14.6 Å². The summed E-state index contributed by atoms with van der Waals surface area (Å²) in [4.78, 5) is 0. The Morgan fingerprint density at radius 1 is 1.40 bits per heavy atom. The first-order valence-electron chi connectivity index (χ1n) is 5.43. The molecule has 1 aliphatic heterocycles. The van der Waals surface area contributed by atoms with Gasteiger partial charge in [0.1, 0.15) is 11.6 Å². The molecule has 0 saturated carbocycles. The maximum atomic E-state index is 5.35. The minimum Gasteiger partial charge on any atom is -0.381 e. The average molecular weight is 210 g/mol. The van der Waals surface area contributed by atoms with Gasteiger partial charge in [0.15, 0.2) is 0 Å². The standard InChI is InChI=1S/C10H18N4O/c1-11-7-9-12-13-10(14(9)2)8-3-5-15-6-4-8/h8,11H,3-7H2,1-2H3. The Kier molecular flexibility index (Phi) is 3.33. The van der Waals surface area contributed by atoms with Crippen LogP contribution in [0.15, 0.2) is 0 Å². The Labute approximate surface area is 89.8 Å². The molecule has 0 aromatic carbocycles. The van der Waals surface area contributed by atoms with Gasteiger partial charge in [-0.2, -0.15) is 0 Å². The molecule has 0 spiro atoms. The minimum absolute atomic E-state index is 0.516. The van der Waals surface area contributed by atoms with Crippen molar-refractivity contribution in [1.82, 2.24) is 20.1 Å². The van der Waals surface area contributed by atoms with Gasteiger partial charge in [-0.1, -0.05) is 0 Å². The average Bonchev–Trinajstić information content (AvgIpc) is 2.63. The van der Waals surface area contributed by atoms with Crippen molar-refractivity contribution >= 4 is 0 Å². The molecule has 5 heteroatoms. The van der Waals surface area contributed by atoms with Crippen LogP contribution < -0.4 is 5.32 Å². The number of hydrogen-bond acceptors (Lipinski definition) is 4. The van der Waals surface area contributed by atoms with E-state index in [2.05, 4.69) is 20.1 Å². The molecule has 5 nitrogen and oxygen atoms in total. The molecule has 1 fully saturated rings. The SMILES string of the molecule is CNCc1nnc(C2CCOCC2)n1C. The molecular formula is C10H18N4O. The molecule has 1 N–H and O–H groups in total. The van der Waals surface area contributed by atoms with Crippen LogP contribution in [0.3, 0.4) is 0 Å². The number of rotatable bonds is 3. The zero-order valence-electron chi connectivity index (χ0n) is 9.36. The summed E-state index contributed by atoms with van der Waals surface area (Å²) in [6.45, 7) is 2.46. The van der Waals surface area contributed by atoms with Crippen molar-refractivity contribution in [2.75, 3.05) is 20.3 Å². The highest BCUT2D eigenvalue weighted by molar-refractivity contribution is 5.02. The third-order valence-electron chi connectivity index (χ3n) is 2.92. The van der Waals surface area contributed by atoms with Crippen molar-refractivity contribution in [2.24, 2.45) is 7.05 Å². The van der Waals surface area contributed by atoms with Gasteiger partial charge in [-0.05, 0) is 19.9 Å². The largest absolute Gasteiger partial charge is 0.381 e. The number of hydrogen-bond donors (Lipinski definition) is 1. The normalized spacial score (nSPS) is 18.3. The molecule has 1 aromatic rings. The Morgan fingerprint density at radius 2 is 2.13 bits per heavy atom. The van der Waals surface area contributed by atoms with E-state index in [1.165, 1.54) is 0 Å². The van der Waals surface area contributed by atoms with Gasteiger partial charge in [-0.15, -0.1) is 10.2 Å². The van der Waals surface area contributed by atoms with Crippen LogP contribution in [-0.4, -0.2) is 35.0 Å². The van der Waals surface area contributed by atoms with E-state index >= 15 is 0 Å². The van der Waals surface area contributed by atoms with Crippen molar-refractivity contribution in [3.05, 3.63) is 11.6 Å². The monoisotopic (exact) mass is 210 g/mol. The highest BCUT2D eigenvalue weighted by atomic mass is 16.5. The van der Waals surface area contributed by atoms with Gasteiger partial charge in [0.25, 0.3) is 0 Å². The fraction of sp³-hybridized carbons (Fsp3) is 0.800. The molecular weight excluding hydrogens is 192 g/mol. The molecule has 1 saturated heterocycles. The molecule has 0 amide bonds. The highest BCUT2D eigenvalue weighted by Gasteiger charge is 2.21. The summed E-state index contributed by atoms with van der Waals surface area (Å²) in [6.07, 6.45) is 2.12. The molecule has 0 unspecified atom stereocenters. The smallest absolute Gasteiger partial charge is 0.146 e. The van der Waals surface area contributed by atoms with E-state index in [9.17, 15) is 0 Å². The van der Waals surface area contributed by atoms with Crippen LogP contribution in [0.5, 0.6) is 0 Å². The van der Waals surface area contributed by atoms with Crippen LogP contribution in [-0.2, 0) is 18.3 Å². The van der Waals surface area contributed by atoms with E-state index < -0.39 is 0 Å². The summed E-state index contributed by atoms with van der Waals surface area (Å²) in [7, 11) is 3.96. The highest BCUT2D eigenvalue weighted by Crippen LogP contribution is 2.25. The number of aromatic nitrogens is 3. The molecule has 0 aliphatic carbocycles. The minimum atomic E-state index is 0.516. The van der Waals surface area contributed by atoms with Crippen LogP contribution in [0.25, 0.3) is 0 Å². The van der Waals surface area contributed by atoms with Gasteiger partial charge >= 0.3 is 0 Å². The first kappa shape index (κ1) is 10.6. The van der Waals surface area contributed by atoms with E-state index in [1.807, 2.05) is 14.1 Å². The topological polar surface area (TPSA) is 52.0 Å². The van der Waals surface area contributed by atoms with Gasteiger partial charge in [-0.25, -0.2) is 0 Å². The van der Waals surface area contributed by atoms with Crippen LogP contribution in [0.1, 0.15) is 30.4 Å². The quantitative estimate of drug-likeness (QED) is 0.786. The first-order chi connectivity index (χ1) is 7.33. The van der Waals surface area contributed by atoms with Gasteiger partial charge in [0.05, 0.1) is 6.54 Å². The van der Waals surface area contributed by atoms with Crippen molar-refractivity contribution in [3.63, 3.8) is 0 Å². The van der Waals surface area contributed by atoms with Crippen molar-refractivity contribution in [1.29, 1.82) is 0 Å². The number of nitrogens with zero attached hydrogens (tertiary/aromatic N) is 3. The first-order valence-corrected chi connectivity index (χ1v) is 5.43. The maximum absolute atomic E-state index is 5.35. The summed E-state index contributed by atoms with van der Waals surface area (Å²) in [5, 5.41) is 11.6. The Bertz CT molecular complexity index is 317. The summed E-state index contributed by atoms with van der Waals surface area (Å²) in [5.74, 6) is 2.62. The lowest BCUT2D eigenvalue weighted by molar-refractivity contribution is 0.0829. The van der Waals surface area contributed by atoms with E-state index in [1.54, 1.807) is 0 Å². The van der Waals surface area contributed by atoms with E-state index in [4.69, 9.17) is 4.74 Å². The Balaban J connectivity index is 2.13. The molecule has 2 heterocycles. The molecule has 0 bridgehead atoms. The Hall–Kier alpha value is -0.940. The molecule has 1 aliphatic rings. The molecule has 1 aromatic heterocycles. The second-order valence-electron chi connectivity index (χ2n) is 3.95. The summed E-state index contributed by atoms with van der Waals surface area (Å²) in [6, 6.07) is 0. The fourth-order valence-corrected chi connectivity index (χ4v) is 2.00. The maximum Gasteiger partial charge on any atom is 0.146 e. The number of nitrogens with one attached hydrogen (secondary N) is 1. The van der Waals surface area contributed by atoms with E-state index in [0.29, 0.717) is 5.92 Å². The third-order valence-corrected chi connectivity index (χ3v) is 2.92. The zero-order valence-corrected chi connectivity index (χ0v) is 9.36. The van der Waals surface area contributed by atoms with Gasteiger partial charge in [0, 0.05) is 26.2 Å². The van der Waals surface area contributed by atoms with Crippen LogP contribution >= 0.6 is 0 Å². The fourth-order valence-electron chi connectivity index (χ4n) is 2.00. The molecule has 15 heavy (non-hydrogen) atoms. The lowest BCUT2D eigenvalue weighted by atomic mass is 9.99. The Morgan fingerprint density at radius 3 is 2.80 bits per heavy atom. The predicted molar refractivity (Wildman–Crippen MR) is 56.6 cm³/mol. The summed E-state index contributed by atoms with van der Waals surface area (Å²) in [5.41, 5.74) is 0. The van der Waals surface area contributed by atoms with Crippen LogP contribution in [0.4, 0.5) is 0 Å². The van der Waals surface area contributed by atoms with Crippen molar-refractivity contribution in [2.45, 2.75) is 25.3 Å². The van der Waals surface area contributed by atoms with Crippen molar-refractivity contribution in [3.8, 4) is 0 Å². The predicted octanol–water partition coefficient (Wildman–Crippen LogP) is 0.428. The lowest BCUT2D eigenvalue weighted by Crippen LogP contribution is -2.18. The summed E-state index contributed by atoms with van der Waals surface area (Å²) < 4.78 is 7.45. The third kappa shape index (κ3) is 2.18. The lowest BCUT2D eigenvalue weighted by Gasteiger charge is -2.21. The van der Waals surface area contributed by atoms with Crippen LogP contribution in [0.2, 0.25) is 0 Å². The second kappa shape index (κ2) is 4.72. The van der Waals surface area contributed by atoms with E-state index in [-0.39, 0.29) is 0 Å². The van der Waals surface area contributed by atoms with Crippen LogP contribution in [0, 0.1) is 0 Å². The molecule has 2 rings (SSSR count). The molecule has 84 valence electrons. The second-order valence-corrected chi connectivity index (χ2v) is 3.95. The van der Waals surface area contributed by atoms with Gasteiger partial charge in [0.2, 0.25) is 0 Å². The summed E-state index contributed by atoms with van der Waals surface area (Å²) >= 11 is 0. The van der Waals surface area contributed by atoms with Crippen molar-refractivity contribution < 1.29 is 4.74 Å². The van der Waals surface area contributed by atoms with Gasteiger partial charge in [-0.3, -0.25) is 0 Å². The molecule has 0 atom stereocenters.